The van der Waals surface area contributed by atoms with E-state index in [4.69, 9.17) is 0 Å². The van der Waals surface area contributed by atoms with Crippen LogP contribution in [-0.4, -0.2) is 12.5 Å². The first-order chi connectivity index (χ1) is 7.66. The van der Waals surface area contributed by atoms with Gasteiger partial charge in [-0.25, -0.2) is 0 Å². The van der Waals surface area contributed by atoms with Crippen LogP contribution in [0.2, 0.25) is 0 Å². The smallest absolute Gasteiger partial charge is 0.252 e. The van der Waals surface area contributed by atoms with Crippen molar-refractivity contribution >= 4 is 44.4 Å². The van der Waals surface area contributed by atoms with Crippen molar-refractivity contribution in [2.24, 2.45) is 5.92 Å². The lowest BCUT2D eigenvalue weighted by Crippen LogP contribution is -2.25. The average molecular weight is 394 g/mol. The highest BCUT2D eigenvalue weighted by molar-refractivity contribution is 14.1. The van der Waals surface area contributed by atoms with Crippen LogP contribution in [0.1, 0.15) is 29.6 Å². The highest BCUT2D eigenvalue weighted by atomic mass is 127. The Morgan fingerprint density at radius 2 is 2.25 bits per heavy atom. The fourth-order valence-electron chi connectivity index (χ4n) is 1.56. The van der Waals surface area contributed by atoms with Crippen molar-refractivity contribution in [2.75, 3.05) is 6.54 Å². The maximum absolute atomic E-state index is 11.9. The molecule has 1 saturated carbocycles. The predicted octanol–water partition coefficient (Wildman–Crippen LogP) is 3.58. The van der Waals surface area contributed by atoms with Crippen LogP contribution < -0.4 is 5.32 Å². The maximum Gasteiger partial charge on any atom is 0.252 e. The zero-order valence-electron chi connectivity index (χ0n) is 8.80. The Morgan fingerprint density at radius 1 is 1.50 bits per heavy atom. The molecule has 0 atom stereocenters. The molecule has 0 bridgehead atoms. The Morgan fingerprint density at radius 3 is 2.94 bits per heavy atom. The summed E-state index contributed by atoms with van der Waals surface area (Å²) in [7, 11) is 0. The van der Waals surface area contributed by atoms with Gasteiger partial charge in [0.1, 0.15) is 0 Å². The van der Waals surface area contributed by atoms with E-state index in [1.54, 1.807) is 0 Å². The summed E-state index contributed by atoms with van der Waals surface area (Å²) in [6.07, 6.45) is 3.79. The molecule has 0 radical (unpaired) electrons. The molecule has 1 fully saturated rings. The maximum atomic E-state index is 11.9. The van der Waals surface area contributed by atoms with Gasteiger partial charge in [-0.2, -0.15) is 0 Å². The molecule has 0 aromatic heterocycles. The molecule has 2 rings (SSSR count). The van der Waals surface area contributed by atoms with E-state index in [1.807, 2.05) is 18.2 Å². The van der Waals surface area contributed by atoms with Gasteiger partial charge in [0.15, 0.2) is 0 Å². The summed E-state index contributed by atoms with van der Waals surface area (Å²) in [5.41, 5.74) is 0.725. The molecule has 16 heavy (non-hydrogen) atoms. The van der Waals surface area contributed by atoms with Gasteiger partial charge in [0.2, 0.25) is 0 Å². The van der Waals surface area contributed by atoms with Crippen molar-refractivity contribution in [3.05, 3.63) is 31.8 Å². The lowest BCUT2D eigenvalue weighted by atomic mass is 10.2. The Balaban J connectivity index is 1.93. The highest BCUT2D eigenvalue weighted by Gasteiger charge is 2.20. The van der Waals surface area contributed by atoms with Crippen LogP contribution in [0.4, 0.5) is 0 Å². The van der Waals surface area contributed by atoms with Crippen LogP contribution in [0, 0.1) is 9.49 Å². The third-order valence-electron chi connectivity index (χ3n) is 2.71. The van der Waals surface area contributed by atoms with Crippen LogP contribution in [0.15, 0.2) is 22.7 Å². The number of hydrogen-bond acceptors (Lipinski definition) is 1. The van der Waals surface area contributed by atoms with E-state index in [0.717, 1.165) is 32.5 Å². The normalized spacial score (nSPS) is 14.9. The molecule has 1 aromatic carbocycles. The second-order valence-electron chi connectivity index (χ2n) is 4.11. The lowest BCUT2D eigenvalue weighted by Gasteiger charge is -2.06. The molecule has 0 spiro atoms. The van der Waals surface area contributed by atoms with Crippen molar-refractivity contribution in [2.45, 2.75) is 19.3 Å². The Bertz CT molecular complexity index is 404. The Kier molecular flexibility index (Phi) is 4.24. The molecule has 1 N–H and O–H groups in total. The average Bonchev–Trinajstić information content (AvgIpc) is 3.05. The van der Waals surface area contributed by atoms with E-state index >= 15 is 0 Å². The Hall–Kier alpha value is -0.100. The molecule has 2 nitrogen and oxygen atoms in total. The highest BCUT2D eigenvalue weighted by Crippen LogP contribution is 2.31. The number of amides is 1. The fourth-order valence-corrected chi connectivity index (χ4v) is 2.48. The van der Waals surface area contributed by atoms with Crippen molar-refractivity contribution in [3.63, 3.8) is 0 Å². The number of rotatable bonds is 4. The van der Waals surface area contributed by atoms with Gasteiger partial charge in [0.25, 0.3) is 5.91 Å². The van der Waals surface area contributed by atoms with Gasteiger partial charge in [0, 0.05) is 14.6 Å². The first-order valence-corrected chi connectivity index (χ1v) is 7.27. The third-order valence-corrected chi connectivity index (χ3v) is 4.07. The van der Waals surface area contributed by atoms with Crippen molar-refractivity contribution in [3.8, 4) is 0 Å². The first-order valence-electron chi connectivity index (χ1n) is 5.40. The number of carbonyl (C=O) groups excluding carboxylic acids is 1. The number of halogens is 2. The summed E-state index contributed by atoms with van der Waals surface area (Å²) < 4.78 is 1.94. The summed E-state index contributed by atoms with van der Waals surface area (Å²) in [6, 6.07) is 5.79. The summed E-state index contributed by atoms with van der Waals surface area (Å²) in [5.74, 6) is 0.880. The van der Waals surface area contributed by atoms with E-state index < -0.39 is 0 Å². The molecular weight excluding hydrogens is 381 g/mol. The van der Waals surface area contributed by atoms with Gasteiger partial charge < -0.3 is 5.32 Å². The SMILES string of the molecule is O=C(NCCC1CC1)c1cc(I)ccc1Br. The topological polar surface area (TPSA) is 29.1 Å². The molecule has 0 saturated heterocycles. The summed E-state index contributed by atoms with van der Waals surface area (Å²) >= 11 is 5.61. The number of carbonyl (C=O) groups is 1. The van der Waals surface area contributed by atoms with E-state index in [1.165, 1.54) is 12.8 Å². The minimum absolute atomic E-state index is 0.0195. The monoisotopic (exact) mass is 393 g/mol. The van der Waals surface area contributed by atoms with Crippen LogP contribution in [0.3, 0.4) is 0 Å². The number of nitrogens with one attached hydrogen (secondary N) is 1. The molecule has 1 aromatic rings. The van der Waals surface area contributed by atoms with Crippen LogP contribution >= 0.6 is 38.5 Å². The van der Waals surface area contributed by atoms with Crippen molar-refractivity contribution in [1.82, 2.24) is 5.32 Å². The fraction of sp³-hybridized carbons (Fsp3) is 0.417. The largest absolute Gasteiger partial charge is 0.352 e. The zero-order valence-corrected chi connectivity index (χ0v) is 12.5. The third kappa shape index (κ3) is 3.45. The van der Waals surface area contributed by atoms with E-state index in [9.17, 15) is 4.79 Å². The molecule has 1 aliphatic rings. The van der Waals surface area contributed by atoms with E-state index in [0.29, 0.717) is 0 Å². The second kappa shape index (κ2) is 5.49. The lowest BCUT2D eigenvalue weighted by molar-refractivity contribution is 0.0952. The molecule has 0 aliphatic heterocycles. The molecule has 1 aliphatic carbocycles. The molecule has 0 unspecified atom stereocenters. The van der Waals surface area contributed by atoms with E-state index in [2.05, 4.69) is 43.8 Å². The molecule has 1 amide bonds. The molecule has 4 heteroatoms. The van der Waals surface area contributed by atoms with Crippen molar-refractivity contribution in [1.29, 1.82) is 0 Å². The van der Waals surface area contributed by atoms with Gasteiger partial charge in [-0.15, -0.1) is 0 Å². The minimum Gasteiger partial charge on any atom is -0.352 e. The number of benzene rings is 1. The Labute approximate surface area is 117 Å². The molecule has 0 heterocycles. The predicted molar refractivity (Wildman–Crippen MR) is 76.5 cm³/mol. The quantitative estimate of drug-likeness (QED) is 0.778. The summed E-state index contributed by atoms with van der Waals surface area (Å²) in [4.78, 5) is 11.9. The van der Waals surface area contributed by atoms with E-state index in [-0.39, 0.29) is 5.91 Å². The second-order valence-corrected chi connectivity index (χ2v) is 6.21. The van der Waals surface area contributed by atoms with Gasteiger partial charge >= 0.3 is 0 Å². The molecular formula is C12H13BrINO. The van der Waals surface area contributed by atoms with Crippen LogP contribution in [0.5, 0.6) is 0 Å². The van der Waals surface area contributed by atoms with Crippen LogP contribution in [0.25, 0.3) is 0 Å². The molecule has 86 valence electrons. The van der Waals surface area contributed by atoms with Gasteiger partial charge in [-0.3, -0.25) is 4.79 Å². The van der Waals surface area contributed by atoms with Gasteiger partial charge in [-0.1, -0.05) is 12.8 Å². The van der Waals surface area contributed by atoms with Crippen molar-refractivity contribution < 1.29 is 4.79 Å². The van der Waals surface area contributed by atoms with Gasteiger partial charge in [-0.05, 0) is 69.1 Å². The van der Waals surface area contributed by atoms with Crippen LogP contribution in [-0.2, 0) is 0 Å². The zero-order chi connectivity index (χ0) is 11.5. The summed E-state index contributed by atoms with van der Waals surface area (Å²) in [5, 5.41) is 2.97. The van der Waals surface area contributed by atoms with Gasteiger partial charge in [0.05, 0.1) is 5.56 Å². The standard InChI is InChI=1S/C12H13BrINO/c13-11-4-3-9(14)7-10(11)12(16)15-6-5-8-1-2-8/h3-4,7-8H,1-2,5-6H2,(H,15,16). The summed E-state index contributed by atoms with van der Waals surface area (Å²) in [6.45, 7) is 0.793. The number of hydrogen-bond donors (Lipinski definition) is 1. The first kappa shape index (κ1) is 12.4. The minimum atomic E-state index is 0.0195.